The van der Waals surface area contributed by atoms with Crippen molar-refractivity contribution in [2.75, 3.05) is 14.2 Å². The lowest BCUT2D eigenvalue weighted by Crippen LogP contribution is -2.04. The maximum Gasteiger partial charge on any atom is 0.120 e. The van der Waals surface area contributed by atoms with Gasteiger partial charge in [-0.1, -0.05) is 0 Å². The van der Waals surface area contributed by atoms with E-state index in [0.717, 1.165) is 35.4 Å². The molecule has 0 atom stereocenters. The van der Waals surface area contributed by atoms with Crippen molar-refractivity contribution in [1.29, 1.82) is 0 Å². The number of benzene rings is 3. The van der Waals surface area contributed by atoms with Crippen LogP contribution < -0.4 is 9.47 Å². The zero-order valence-electron chi connectivity index (χ0n) is 16.1. The maximum atomic E-state index is 5.46. The van der Waals surface area contributed by atoms with Gasteiger partial charge in [0, 0.05) is 33.7 Å². The normalized spacial score (nSPS) is 14.2. The van der Waals surface area contributed by atoms with E-state index in [1.54, 1.807) is 14.2 Å². The highest BCUT2D eigenvalue weighted by Gasteiger charge is 2.23. The fraction of sp³-hybridized carbons (Fsp3) is 0.250. The zero-order valence-corrected chi connectivity index (χ0v) is 16.1. The molecule has 5 aromatic rings. The third-order valence-electron chi connectivity index (χ3n) is 6.33. The molecule has 6 rings (SSSR count). The van der Waals surface area contributed by atoms with E-state index in [-0.39, 0.29) is 0 Å². The van der Waals surface area contributed by atoms with Gasteiger partial charge in [0.05, 0.1) is 36.3 Å². The number of hydrogen-bond donors (Lipinski definition) is 2. The van der Waals surface area contributed by atoms with Gasteiger partial charge < -0.3 is 19.4 Å². The van der Waals surface area contributed by atoms with Gasteiger partial charge in [-0.3, -0.25) is 0 Å². The summed E-state index contributed by atoms with van der Waals surface area (Å²) >= 11 is 0. The molecule has 0 spiro atoms. The van der Waals surface area contributed by atoms with E-state index < -0.39 is 0 Å². The first-order valence-electron chi connectivity index (χ1n) is 9.91. The molecule has 1 aliphatic rings. The van der Waals surface area contributed by atoms with Crippen LogP contribution in [0, 0.1) is 0 Å². The Bertz CT molecular complexity index is 1390. The monoisotopic (exact) mass is 370 g/mol. The van der Waals surface area contributed by atoms with Crippen LogP contribution in [0.3, 0.4) is 0 Å². The summed E-state index contributed by atoms with van der Waals surface area (Å²) in [5.41, 5.74) is 7.77. The smallest absolute Gasteiger partial charge is 0.120 e. The highest BCUT2D eigenvalue weighted by atomic mass is 16.5. The van der Waals surface area contributed by atoms with Crippen molar-refractivity contribution in [2.24, 2.45) is 0 Å². The Kier molecular flexibility index (Phi) is 3.22. The second-order valence-corrected chi connectivity index (χ2v) is 7.74. The molecule has 4 nitrogen and oxygen atoms in total. The molecule has 2 heterocycles. The molecule has 0 unspecified atom stereocenters. The first-order chi connectivity index (χ1) is 13.8. The van der Waals surface area contributed by atoms with Crippen LogP contribution in [0.1, 0.15) is 24.0 Å². The van der Waals surface area contributed by atoms with E-state index in [1.807, 2.05) is 6.07 Å². The summed E-state index contributed by atoms with van der Waals surface area (Å²) in [5.74, 6) is 1.76. The van der Waals surface area contributed by atoms with Gasteiger partial charge in [-0.25, -0.2) is 0 Å². The number of ether oxygens (including phenoxy) is 2. The van der Waals surface area contributed by atoms with E-state index in [2.05, 4.69) is 40.3 Å². The van der Waals surface area contributed by atoms with Crippen LogP contribution in [0.5, 0.6) is 11.5 Å². The van der Waals surface area contributed by atoms with Crippen LogP contribution in [-0.2, 0) is 12.8 Å². The van der Waals surface area contributed by atoms with E-state index in [4.69, 9.17) is 9.47 Å². The summed E-state index contributed by atoms with van der Waals surface area (Å²) in [4.78, 5) is 7.44. The Morgan fingerprint density at radius 1 is 0.679 bits per heavy atom. The average molecular weight is 370 g/mol. The fourth-order valence-electron chi connectivity index (χ4n) is 5.05. The van der Waals surface area contributed by atoms with E-state index >= 15 is 0 Å². The Morgan fingerprint density at radius 2 is 1.25 bits per heavy atom. The van der Waals surface area contributed by atoms with Crippen molar-refractivity contribution in [3.63, 3.8) is 0 Å². The largest absolute Gasteiger partial charge is 0.497 e. The molecule has 0 saturated carbocycles. The molecule has 0 bridgehead atoms. The predicted molar refractivity (Wildman–Crippen MR) is 115 cm³/mol. The minimum atomic E-state index is 0.880. The van der Waals surface area contributed by atoms with Gasteiger partial charge >= 0.3 is 0 Å². The minimum Gasteiger partial charge on any atom is -0.497 e. The first kappa shape index (κ1) is 15.9. The van der Waals surface area contributed by atoms with Gasteiger partial charge in [-0.05, 0) is 61.1 Å². The molecule has 0 fully saturated rings. The summed E-state index contributed by atoms with van der Waals surface area (Å²) < 4.78 is 10.9. The predicted octanol–water partition coefficient (Wildman–Crippen LogP) is 5.85. The molecule has 0 saturated heterocycles. The summed E-state index contributed by atoms with van der Waals surface area (Å²) in [7, 11) is 3.44. The second kappa shape index (κ2) is 5.68. The first-order valence-corrected chi connectivity index (χ1v) is 9.91. The van der Waals surface area contributed by atoms with E-state index in [9.17, 15) is 0 Å². The van der Waals surface area contributed by atoms with Crippen LogP contribution in [0.2, 0.25) is 0 Å². The third-order valence-corrected chi connectivity index (χ3v) is 6.33. The number of nitrogens with one attached hydrogen (secondary N) is 2. The third kappa shape index (κ3) is 2.00. The molecule has 4 heteroatoms. The van der Waals surface area contributed by atoms with Crippen LogP contribution in [0.25, 0.3) is 43.6 Å². The zero-order chi connectivity index (χ0) is 18.8. The number of aryl methyl sites for hydroxylation is 2. The van der Waals surface area contributed by atoms with Crippen molar-refractivity contribution in [2.45, 2.75) is 25.7 Å². The number of H-pyrrole nitrogens is 2. The summed E-state index contributed by atoms with van der Waals surface area (Å²) in [6, 6.07) is 12.7. The van der Waals surface area contributed by atoms with E-state index in [0.29, 0.717) is 0 Å². The minimum absolute atomic E-state index is 0.880. The summed E-state index contributed by atoms with van der Waals surface area (Å²) in [5, 5.41) is 5.21. The molecule has 2 aromatic heterocycles. The number of fused-ring (bicyclic) bond motifs is 10. The Labute approximate surface area is 162 Å². The lowest BCUT2D eigenvalue weighted by atomic mass is 9.86. The van der Waals surface area contributed by atoms with Gasteiger partial charge in [-0.2, -0.15) is 0 Å². The van der Waals surface area contributed by atoms with Crippen molar-refractivity contribution in [3.8, 4) is 11.5 Å². The Morgan fingerprint density at radius 3 is 1.89 bits per heavy atom. The summed E-state index contributed by atoms with van der Waals surface area (Å²) in [6.07, 6.45) is 4.78. The molecule has 1 aliphatic carbocycles. The topological polar surface area (TPSA) is 50.0 Å². The Balaban J connectivity index is 1.85. The van der Waals surface area contributed by atoms with Crippen molar-refractivity contribution in [3.05, 3.63) is 47.5 Å². The highest BCUT2D eigenvalue weighted by molar-refractivity contribution is 6.26. The number of hydrogen-bond acceptors (Lipinski definition) is 2. The molecule has 3 aromatic carbocycles. The molecular weight excluding hydrogens is 348 g/mol. The fourth-order valence-corrected chi connectivity index (χ4v) is 5.05. The molecule has 0 aliphatic heterocycles. The molecule has 0 radical (unpaired) electrons. The standard InChI is InChI=1S/C24H22N2O2/c1-27-13-7-9-17-19(11-13)26-24-21(17)15-5-3-4-6-16(15)23-22(24)18-10-8-14(28-2)12-20(18)25-23/h7-12,25-26H,3-6H2,1-2H3. The lowest BCUT2D eigenvalue weighted by Gasteiger charge is -2.18. The maximum absolute atomic E-state index is 5.46. The van der Waals surface area contributed by atoms with Gasteiger partial charge in [0.1, 0.15) is 11.5 Å². The van der Waals surface area contributed by atoms with Gasteiger partial charge in [0.2, 0.25) is 0 Å². The van der Waals surface area contributed by atoms with Crippen LogP contribution >= 0.6 is 0 Å². The summed E-state index contributed by atoms with van der Waals surface area (Å²) in [6.45, 7) is 0. The van der Waals surface area contributed by atoms with Crippen LogP contribution in [0.4, 0.5) is 0 Å². The lowest BCUT2D eigenvalue weighted by molar-refractivity contribution is 0.415. The van der Waals surface area contributed by atoms with Gasteiger partial charge in [-0.15, -0.1) is 0 Å². The van der Waals surface area contributed by atoms with Crippen molar-refractivity contribution >= 4 is 43.6 Å². The van der Waals surface area contributed by atoms with Gasteiger partial charge in [0.25, 0.3) is 0 Å². The molecule has 140 valence electrons. The molecular formula is C24H22N2O2. The van der Waals surface area contributed by atoms with E-state index in [1.165, 1.54) is 56.5 Å². The number of aromatic nitrogens is 2. The number of rotatable bonds is 2. The molecule has 0 amide bonds. The molecule has 28 heavy (non-hydrogen) atoms. The quantitative estimate of drug-likeness (QED) is 0.409. The number of methoxy groups -OCH3 is 2. The highest BCUT2D eigenvalue weighted by Crippen LogP contribution is 2.43. The van der Waals surface area contributed by atoms with Crippen LogP contribution in [-0.4, -0.2) is 24.2 Å². The average Bonchev–Trinajstić information content (AvgIpc) is 3.31. The number of aromatic amines is 2. The second-order valence-electron chi connectivity index (χ2n) is 7.74. The van der Waals surface area contributed by atoms with Crippen molar-refractivity contribution in [1.82, 2.24) is 9.97 Å². The molecule has 2 N–H and O–H groups in total. The van der Waals surface area contributed by atoms with Gasteiger partial charge in [0.15, 0.2) is 0 Å². The van der Waals surface area contributed by atoms with Crippen molar-refractivity contribution < 1.29 is 9.47 Å². The van der Waals surface area contributed by atoms with Crippen LogP contribution in [0.15, 0.2) is 36.4 Å². The Hall–Kier alpha value is -3.14. The SMILES string of the molecule is COc1ccc2c(c1)[nH]c1c2c2c(c3[nH]c4cc(OC)ccc4c31)CCCC2.